The van der Waals surface area contributed by atoms with E-state index in [9.17, 15) is 8.42 Å². The maximum atomic E-state index is 12.5. The average molecular weight is 336 g/mol. The molecule has 0 aliphatic rings. The largest absolute Gasteiger partial charge is 0.360 e. The molecule has 1 atom stereocenters. The van der Waals surface area contributed by atoms with E-state index in [0.29, 0.717) is 11.5 Å². The fourth-order valence-electron chi connectivity index (χ4n) is 2.49. The second kappa shape index (κ2) is 6.09. The van der Waals surface area contributed by atoms with Crippen LogP contribution in [0.15, 0.2) is 33.7 Å². The van der Waals surface area contributed by atoms with Crippen LogP contribution in [-0.2, 0) is 15.4 Å². The van der Waals surface area contributed by atoms with Crippen molar-refractivity contribution in [3.63, 3.8) is 0 Å². The number of aryl methyl sites for hydroxylation is 2. The Balaban J connectivity index is 2.23. The van der Waals surface area contributed by atoms with Gasteiger partial charge < -0.3 is 4.52 Å². The highest BCUT2D eigenvalue weighted by atomic mass is 32.2. The zero-order valence-corrected chi connectivity index (χ0v) is 15.3. The Bertz CT molecular complexity index is 765. The Morgan fingerprint density at radius 2 is 1.70 bits per heavy atom. The van der Waals surface area contributed by atoms with Crippen LogP contribution in [0.25, 0.3) is 0 Å². The van der Waals surface area contributed by atoms with Gasteiger partial charge in [0.25, 0.3) is 0 Å². The van der Waals surface area contributed by atoms with Gasteiger partial charge in [-0.3, -0.25) is 0 Å². The van der Waals surface area contributed by atoms with Gasteiger partial charge >= 0.3 is 0 Å². The molecule has 0 spiro atoms. The van der Waals surface area contributed by atoms with E-state index in [1.165, 1.54) is 5.56 Å². The van der Waals surface area contributed by atoms with E-state index in [0.717, 1.165) is 5.56 Å². The minimum atomic E-state index is -3.67. The predicted molar refractivity (Wildman–Crippen MR) is 89.9 cm³/mol. The van der Waals surface area contributed by atoms with Crippen LogP contribution in [0, 0.1) is 13.8 Å². The smallest absolute Gasteiger partial charge is 0.246 e. The number of aromatic nitrogens is 1. The molecule has 6 heteroatoms. The van der Waals surface area contributed by atoms with Crippen molar-refractivity contribution >= 4 is 10.0 Å². The van der Waals surface area contributed by atoms with E-state index < -0.39 is 10.0 Å². The monoisotopic (exact) mass is 336 g/mol. The first-order valence-electron chi connectivity index (χ1n) is 7.58. The quantitative estimate of drug-likeness (QED) is 0.925. The van der Waals surface area contributed by atoms with Gasteiger partial charge in [0.15, 0.2) is 5.76 Å². The molecule has 126 valence electrons. The second-order valence-corrected chi connectivity index (χ2v) is 8.52. The van der Waals surface area contributed by atoms with E-state index in [-0.39, 0.29) is 16.4 Å². The Kier molecular flexibility index (Phi) is 4.69. The molecule has 1 N–H and O–H groups in total. The fraction of sp³-hybridized carbons (Fsp3) is 0.471. The summed E-state index contributed by atoms with van der Waals surface area (Å²) < 4.78 is 32.7. The van der Waals surface area contributed by atoms with Crippen molar-refractivity contribution in [1.82, 2.24) is 9.88 Å². The normalized spacial score (nSPS) is 14.0. The molecule has 1 heterocycles. The standard InChI is InChI=1S/C17H24N2O3S/c1-11(14-7-9-15(10-8-14)17(4,5)6)19-23(20,21)16-12(2)18-22-13(16)3/h7-11,19H,1-6H3. The lowest BCUT2D eigenvalue weighted by Gasteiger charge is -2.20. The van der Waals surface area contributed by atoms with Crippen molar-refractivity contribution in [3.05, 3.63) is 46.8 Å². The minimum Gasteiger partial charge on any atom is -0.360 e. The van der Waals surface area contributed by atoms with Crippen molar-refractivity contribution < 1.29 is 12.9 Å². The highest BCUT2D eigenvalue weighted by Crippen LogP contribution is 2.25. The summed E-state index contributed by atoms with van der Waals surface area (Å²) in [5, 5.41) is 3.71. The summed E-state index contributed by atoms with van der Waals surface area (Å²) >= 11 is 0. The van der Waals surface area contributed by atoms with Crippen LogP contribution in [0.2, 0.25) is 0 Å². The van der Waals surface area contributed by atoms with Gasteiger partial charge in [-0.2, -0.15) is 0 Å². The van der Waals surface area contributed by atoms with E-state index in [4.69, 9.17) is 4.52 Å². The molecule has 0 fully saturated rings. The van der Waals surface area contributed by atoms with Crippen molar-refractivity contribution in [2.75, 3.05) is 0 Å². The summed E-state index contributed by atoms with van der Waals surface area (Å²) in [4.78, 5) is 0.121. The molecule has 23 heavy (non-hydrogen) atoms. The van der Waals surface area contributed by atoms with E-state index in [1.807, 2.05) is 31.2 Å². The maximum absolute atomic E-state index is 12.5. The van der Waals surface area contributed by atoms with Gasteiger partial charge in [-0.1, -0.05) is 50.2 Å². The summed E-state index contributed by atoms with van der Waals surface area (Å²) in [5.41, 5.74) is 2.55. The van der Waals surface area contributed by atoms with Crippen LogP contribution < -0.4 is 4.72 Å². The molecule has 2 aromatic rings. The molecule has 1 aromatic carbocycles. The number of nitrogens with zero attached hydrogens (tertiary/aromatic N) is 1. The Labute approximate surface area is 138 Å². The lowest BCUT2D eigenvalue weighted by atomic mass is 9.86. The van der Waals surface area contributed by atoms with Gasteiger partial charge in [0.1, 0.15) is 10.6 Å². The van der Waals surface area contributed by atoms with E-state index in [2.05, 4.69) is 30.6 Å². The third kappa shape index (κ3) is 3.82. The number of nitrogens with one attached hydrogen (secondary N) is 1. The summed E-state index contributed by atoms with van der Waals surface area (Å²) in [6.07, 6.45) is 0. The van der Waals surface area contributed by atoms with E-state index >= 15 is 0 Å². The lowest BCUT2D eigenvalue weighted by molar-refractivity contribution is 0.390. The Morgan fingerprint density at radius 3 is 2.13 bits per heavy atom. The number of benzene rings is 1. The number of hydrogen-bond acceptors (Lipinski definition) is 4. The molecular formula is C17H24N2O3S. The predicted octanol–water partition coefficient (Wildman–Crippen LogP) is 3.63. The van der Waals surface area contributed by atoms with E-state index in [1.54, 1.807) is 13.8 Å². The van der Waals surface area contributed by atoms with Crippen LogP contribution >= 0.6 is 0 Å². The van der Waals surface area contributed by atoms with Gasteiger partial charge in [0, 0.05) is 6.04 Å². The molecular weight excluding hydrogens is 312 g/mol. The van der Waals surface area contributed by atoms with Gasteiger partial charge in [0.2, 0.25) is 10.0 Å². The Hall–Kier alpha value is -1.66. The zero-order valence-electron chi connectivity index (χ0n) is 14.5. The first-order valence-corrected chi connectivity index (χ1v) is 9.06. The summed E-state index contributed by atoms with van der Waals surface area (Å²) in [7, 11) is -3.67. The van der Waals surface area contributed by atoms with Gasteiger partial charge in [-0.25, -0.2) is 13.1 Å². The third-order valence-electron chi connectivity index (χ3n) is 3.85. The minimum absolute atomic E-state index is 0.0674. The second-order valence-electron chi connectivity index (χ2n) is 6.87. The van der Waals surface area contributed by atoms with Crippen molar-refractivity contribution in [2.24, 2.45) is 0 Å². The van der Waals surface area contributed by atoms with Gasteiger partial charge in [-0.05, 0) is 37.3 Å². The molecule has 0 saturated carbocycles. The van der Waals surface area contributed by atoms with Gasteiger partial charge in [0.05, 0.1) is 0 Å². The topological polar surface area (TPSA) is 72.2 Å². The molecule has 1 aromatic heterocycles. The molecule has 2 rings (SSSR count). The maximum Gasteiger partial charge on any atom is 0.246 e. The highest BCUT2D eigenvalue weighted by Gasteiger charge is 2.26. The van der Waals surface area contributed by atoms with Crippen LogP contribution in [0.5, 0.6) is 0 Å². The number of rotatable bonds is 4. The fourth-order valence-corrected chi connectivity index (χ4v) is 4.05. The van der Waals surface area contributed by atoms with Crippen molar-refractivity contribution in [3.8, 4) is 0 Å². The molecule has 0 aliphatic heterocycles. The zero-order chi connectivity index (χ0) is 17.4. The molecule has 5 nitrogen and oxygen atoms in total. The van der Waals surface area contributed by atoms with Gasteiger partial charge in [-0.15, -0.1) is 0 Å². The lowest BCUT2D eigenvalue weighted by Crippen LogP contribution is -2.27. The molecule has 0 aliphatic carbocycles. The van der Waals surface area contributed by atoms with Crippen LogP contribution in [-0.4, -0.2) is 13.6 Å². The van der Waals surface area contributed by atoms with Crippen molar-refractivity contribution in [1.29, 1.82) is 0 Å². The summed E-state index contributed by atoms with van der Waals surface area (Å²) in [5.74, 6) is 0.297. The third-order valence-corrected chi connectivity index (χ3v) is 5.63. The molecule has 0 bridgehead atoms. The number of hydrogen-bond donors (Lipinski definition) is 1. The molecule has 1 unspecified atom stereocenters. The number of sulfonamides is 1. The highest BCUT2D eigenvalue weighted by molar-refractivity contribution is 7.89. The van der Waals surface area contributed by atoms with Crippen LogP contribution in [0.3, 0.4) is 0 Å². The SMILES string of the molecule is Cc1noc(C)c1S(=O)(=O)NC(C)c1ccc(C(C)(C)C)cc1. The molecule has 0 saturated heterocycles. The first-order chi connectivity index (χ1) is 10.5. The Morgan fingerprint density at radius 1 is 1.13 bits per heavy atom. The van der Waals surface area contributed by atoms with Crippen LogP contribution in [0.4, 0.5) is 0 Å². The van der Waals surface area contributed by atoms with Crippen molar-refractivity contribution in [2.45, 2.75) is 57.9 Å². The first kappa shape index (κ1) is 17.7. The summed E-state index contributed by atoms with van der Waals surface area (Å²) in [6, 6.07) is 7.65. The van der Waals surface area contributed by atoms with Crippen LogP contribution in [0.1, 0.15) is 56.3 Å². The average Bonchev–Trinajstić information content (AvgIpc) is 2.77. The summed E-state index contributed by atoms with van der Waals surface area (Å²) in [6.45, 7) is 11.5. The molecule has 0 amide bonds. The molecule has 0 radical (unpaired) electrons.